The van der Waals surface area contributed by atoms with Crippen molar-refractivity contribution in [2.75, 3.05) is 43.1 Å². The van der Waals surface area contributed by atoms with Crippen LogP contribution >= 0.6 is 0 Å². The summed E-state index contributed by atoms with van der Waals surface area (Å²) < 4.78 is 5.11. The Labute approximate surface area is 172 Å². The van der Waals surface area contributed by atoms with Gasteiger partial charge in [0.1, 0.15) is 5.75 Å². The molecule has 1 aliphatic rings. The van der Waals surface area contributed by atoms with Crippen LogP contribution in [0.5, 0.6) is 5.75 Å². The molecule has 0 radical (unpaired) electrons. The van der Waals surface area contributed by atoms with Crippen molar-refractivity contribution in [2.45, 2.75) is 26.2 Å². The average Bonchev–Trinajstić information content (AvgIpc) is 2.77. The SMILES string of the molecule is COc1ccc(C(=O)NCCN(C(C)=O)c2ccc(N3CCCCC3)cc2)cc1. The molecule has 1 N–H and O–H groups in total. The molecule has 3 rings (SSSR count). The maximum atomic E-state index is 12.3. The minimum Gasteiger partial charge on any atom is -0.497 e. The predicted molar refractivity (Wildman–Crippen MR) is 116 cm³/mol. The first kappa shape index (κ1) is 20.7. The van der Waals surface area contributed by atoms with Gasteiger partial charge in [-0.15, -0.1) is 0 Å². The van der Waals surface area contributed by atoms with Crippen LogP contribution in [0.2, 0.25) is 0 Å². The van der Waals surface area contributed by atoms with E-state index in [0.717, 1.165) is 18.8 Å². The fraction of sp³-hybridized carbons (Fsp3) is 0.391. The number of amides is 2. The number of methoxy groups -OCH3 is 1. The summed E-state index contributed by atoms with van der Waals surface area (Å²) in [5.74, 6) is 0.489. The third kappa shape index (κ3) is 5.50. The zero-order valence-corrected chi connectivity index (χ0v) is 17.2. The quantitative estimate of drug-likeness (QED) is 0.780. The van der Waals surface area contributed by atoms with Crippen molar-refractivity contribution in [2.24, 2.45) is 0 Å². The highest BCUT2D eigenvalue weighted by Gasteiger charge is 2.15. The van der Waals surface area contributed by atoms with Gasteiger partial charge in [-0.3, -0.25) is 9.59 Å². The summed E-state index contributed by atoms with van der Waals surface area (Å²) in [6.07, 6.45) is 3.76. The van der Waals surface area contributed by atoms with Crippen LogP contribution in [0.15, 0.2) is 48.5 Å². The molecule has 2 aromatic rings. The van der Waals surface area contributed by atoms with Crippen LogP contribution in [0.25, 0.3) is 0 Å². The molecule has 0 spiro atoms. The number of carbonyl (C=O) groups excluding carboxylic acids is 2. The largest absolute Gasteiger partial charge is 0.497 e. The van der Waals surface area contributed by atoms with Crippen molar-refractivity contribution in [1.82, 2.24) is 5.32 Å². The van der Waals surface area contributed by atoms with Crippen LogP contribution in [0.1, 0.15) is 36.5 Å². The molecular weight excluding hydrogens is 366 g/mol. The molecule has 2 amide bonds. The van der Waals surface area contributed by atoms with Crippen LogP contribution < -0.4 is 19.9 Å². The van der Waals surface area contributed by atoms with E-state index in [0.29, 0.717) is 24.4 Å². The highest BCUT2D eigenvalue weighted by Crippen LogP contribution is 2.23. The molecule has 6 heteroatoms. The van der Waals surface area contributed by atoms with Gasteiger partial charge in [-0.2, -0.15) is 0 Å². The molecule has 29 heavy (non-hydrogen) atoms. The fourth-order valence-electron chi connectivity index (χ4n) is 3.59. The summed E-state index contributed by atoms with van der Waals surface area (Å²) in [4.78, 5) is 28.5. The van der Waals surface area contributed by atoms with Gasteiger partial charge in [0, 0.05) is 50.0 Å². The second-order valence-corrected chi connectivity index (χ2v) is 7.22. The number of rotatable bonds is 7. The number of hydrogen-bond donors (Lipinski definition) is 1. The molecule has 1 fully saturated rings. The maximum absolute atomic E-state index is 12.3. The van der Waals surface area contributed by atoms with Gasteiger partial charge >= 0.3 is 0 Å². The third-order valence-electron chi connectivity index (χ3n) is 5.24. The van der Waals surface area contributed by atoms with Crippen LogP contribution in [-0.2, 0) is 4.79 Å². The zero-order valence-electron chi connectivity index (χ0n) is 17.2. The maximum Gasteiger partial charge on any atom is 0.251 e. The summed E-state index contributed by atoms with van der Waals surface area (Å²) in [6.45, 7) is 4.52. The van der Waals surface area contributed by atoms with Crippen molar-refractivity contribution in [3.8, 4) is 5.75 Å². The normalized spacial score (nSPS) is 13.7. The average molecular weight is 396 g/mol. The van der Waals surface area contributed by atoms with E-state index in [2.05, 4.69) is 22.3 Å². The summed E-state index contributed by atoms with van der Waals surface area (Å²) in [6, 6.07) is 15.1. The molecule has 0 bridgehead atoms. The number of carbonyl (C=O) groups is 2. The lowest BCUT2D eigenvalue weighted by Crippen LogP contribution is -2.37. The van der Waals surface area contributed by atoms with Crippen molar-refractivity contribution < 1.29 is 14.3 Å². The number of nitrogens with one attached hydrogen (secondary N) is 1. The molecule has 1 heterocycles. The van der Waals surface area contributed by atoms with Crippen LogP contribution in [0.4, 0.5) is 11.4 Å². The highest BCUT2D eigenvalue weighted by molar-refractivity contribution is 5.95. The summed E-state index contributed by atoms with van der Waals surface area (Å²) >= 11 is 0. The number of anilines is 2. The topological polar surface area (TPSA) is 61.9 Å². The van der Waals surface area contributed by atoms with Crippen molar-refractivity contribution in [3.05, 3.63) is 54.1 Å². The Morgan fingerprint density at radius 3 is 2.24 bits per heavy atom. The summed E-state index contributed by atoms with van der Waals surface area (Å²) in [7, 11) is 1.59. The van der Waals surface area contributed by atoms with E-state index in [-0.39, 0.29) is 11.8 Å². The first-order chi connectivity index (χ1) is 14.1. The van der Waals surface area contributed by atoms with Gasteiger partial charge in [0.05, 0.1) is 7.11 Å². The van der Waals surface area contributed by atoms with Gasteiger partial charge in [-0.1, -0.05) is 0 Å². The van der Waals surface area contributed by atoms with Crippen molar-refractivity contribution in [1.29, 1.82) is 0 Å². The van der Waals surface area contributed by atoms with E-state index < -0.39 is 0 Å². The minimum absolute atomic E-state index is 0.0468. The monoisotopic (exact) mass is 395 g/mol. The second-order valence-electron chi connectivity index (χ2n) is 7.22. The molecule has 1 aliphatic heterocycles. The molecule has 1 saturated heterocycles. The molecule has 0 aromatic heterocycles. The lowest BCUT2D eigenvalue weighted by Gasteiger charge is -2.29. The van der Waals surface area contributed by atoms with E-state index in [1.165, 1.54) is 24.9 Å². The van der Waals surface area contributed by atoms with Crippen LogP contribution in [0, 0.1) is 0 Å². The second kappa shape index (κ2) is 9.96. The van der Waals surface area contributed by atoms with Gasteiger partial charge in [-0.25, -0.2) is 0 Å². The van der Waals surface area contributed by atoms with Crippen molar-refractivity contribution >= 4 is 23.2 Å². The Balaban J connectivity index is 1.56. The van der Waals surface area contributed by atoms with E-state index in [9.17, 15) is 9.59 Å². The Morgan fingerprint density at radius 2 is 1.66 bits per heavy atom. The number of ether oxygens (including phenoxy) is 1. The molecule has 0 unspecified atom stereocenters. The van der Waals surface area contributed by atoms with E-state index >= 15 is 0 Å². The van der Waals surface area contributed by atoms with Gasteiger partial charge < -0.3 is 19.9 Å². The minimum atomic E-state index is -0.170. The molecule has 0 atom stereocenters. The first-order valence-corrected chi connectivity index (χ1v) is 10.1. The van der Waals surface area contributed by atoms with Gasteiger partial charge in [0.2, 0.25) is 5.91 Å². The van der Waals surface area contributed by atoms with Crippen molar-refractivity contribution in [3.63, 3.8) is 0 Å². The molecule has 0 saturated carbocycles. The third-order valence-corrected chi connectivity index (χ3v) is 5.24. The zero-order chi connectivity index (χ0) is 20.6. The number of benzene rings is 2. The van der Waals surface area contributed by atoms with Gasteiger partial charge in [0.25, 0.3) is 5.91 Å². The van der Waals surface area contributed by atoms with Crippen LogP contribution in [-0.4, -0.2) is 45.1 Å². The predicted octanol–water partition coefficient (Wildman–Crippen LogP) is 3.47. The lowest BCUT2D eigenvalue weighted by atomic mass is 10.1. The molecule has 6 nitrogen and oxygen atoms in total. The number of piperidine rings is 1. The summed E-state index contributed by atoms with van der Waals surface area (Å²) in [5, 5.41) is 2.87. The fourth-order valence-corrected chi connectivity index (χ4v) is 3.59. The Bertz CT molecular complexity index is 812. The molecule has 2 aromatic carbocycles. The number of nitrogens with zero attached hydrogens (tertiary/aromatic N) is 2. The lowest BCUT2D eigenvalue weighted by molar-refractivity contribution is -0.116. The van der Waals surface area contributed by atoms with E-state index in [4.69, 9.17) is 4.74 Å². The Kier molecular flexibility index (Phi) is 7.11. The number of hydrogen-bond acceptors (Lipinski definition) is 4. The smallest absolute Gasteiger partial charge is 0.251 e. The molecule has 0 aliphatic carbocycles. The Morgan fingerprint density at radius 1 is 1.00 bits per heavy atom. The van der Waals surface area contributed by atoms with Gasteiger partial charge in [-0.05, 0) is 67.8 Å². The Hall–Kier alpha value is -3.02. The van der Waals surface area contributed by atoms with E-state index in [1.807, 2.05) is 12.1 Å². The summed E-state index contributed by atoms with van der Waals surface area (Å²) in [5.41, 5.74) is 2.60. The van der Waals surface area contributed by atoms with Gasteiger partial charge in [0.15, 0.2) is 0 Å². The standard InChI is InChI=1S/C23H29N3O3/c1-18(27)26(17-14-24-23(28)19-6-12-22(29-2)13-7-19)21-10-8-20(9-11-21)25-15-4-3-5-16-25/h6-13H,3-5,14-17H2,1-2H3,(H,24,28). The highest BCUT2D eigenvalue weighted by atomic mass is 16.5. The van der Waals surface area contributed by atoms with E-state index in [1.54, 1.807) is 43.2 Å². The first-order valence-electron chi connectivity index (χ1n) is 10.1. The molecule has 154 valence electrons. The van der Waals surface area contributed by atoms with Crippen LogP contribution in [0.3, 0.4) is 0 Å². The molecular formula is C23H29N3O3.